The van der Waals surface area contributed by atoms with E-state index in [9.17, 15) is 18.0 Å². The van der Waals surface area contributed by atoms with E-state index in [1.807, 2.05) is 0 Å². The Morgan fingerprint density at radius 2 is 1.85 bits per heavy atom. The van der Waals surface area contributed by atoms with Crippen LogP contribution < -0.4 is 0 Å². The van der Waals surface area contributed by atoms with Gasteiger partial charge in [0.15, 0.2) is 11.6 Å². The van der Waals surface area contributed by atoms with Gasteiger partial charge in [0, 0.05) is 5.56 Å². The van der Waals surface area contributed by atoms with E-state index in [2.05, 4.69) is 4.74 Å². The van der Waals surface area contributed by atoms with E-state index in [-0.39, 0.29) is 23.3 Å². The van der Waals surface area contributed by atoms with Gasteiger partial charge in [0.05, 0.1) is 12.2 Å². The topological polar surface area (TPSA) is 26.3 Å². The largest absolute Gasteiger partial charge is 0.462 e. The smallest absolute Gasteiger partial charge is 0.341 e. The molecule has 2 rings (SSSR count). The molecule has 0 saturated heterocycles. The molecule has 104 valence electrons. The minimum absolute atomic E-state index is 0.0701. The van der Waals surface area contributed by atoms with Crippen LogP contribution in [-0.4, -0.2) is 12.6 Å². The lowest BCUT2D eigenvalue weighted by Crippen LogP contribution is -2.07. The van der Waals surface area contributed by atoms with Crippen LogP contribution >= 0.6 is 0 Å². The molecule has 0 unspecified atom stereocenters. The number of carbonyl (C=O) groups is 1. The lowest BCUT2D eigenvalue weighted by atomic mass is 10.0. The van der Waals surface area contributed by atoms with Crippen molar-refractivity contribution in [2.45, 2.75) is 6.92 Å². The third kappa shape index (κ3) is 2.66. The average molecular weight is 280 g/mol. The summed E-state index contributed by atoms with van der Waals surface area (Å²) in [5, 5.41) is 0. The van der Waals surface area contributed by atoms with E-state index in [4.69, 9.17) is 0 Å². The number of carbonyl (C=O) groups excluding carboxylic acids is 1. The summed E-state index contributed by atoms with van der Waals surface area (Å²) in [4.78, 5) is 11.4. The molecule has 0 heterocycles. The molecule has 0 fully saturated rings. The Balaban J connectivity index is 2.43. The third-order valence-electron chi connectivity index (χ3n) is 2.73. The van der Waals surface area contributed by atoms with E-state index in [1.54, 1.807) is 6.92 Å². The maximum atomic E-state index is 13.8. The highest BCUT2D eigenvalue weighted by Crippen LogP contribution is 2.26. The number of hydrogen-bond donors (Lipinski definition) is 0. The highest BCUT2D eigenvalue weighted by atomic mass is 19.2. The van der Waals surface area contributed by atoms with Crippen molar-refractivity contribution in [2.75, 3.05) is 6.61 Å². The molecule has 0 bridgehead atoms. The molecule has 0 spiro atoms. The van der Waals surface area contributed by atoms with Crippen molar-refractivity contribution in [3.63, 3.8) is 0 Å². The molecule has 0 saturated carbocycles. The van der Waals surface area contributed by atoms with Gasteiger partial charge < -0.3 is 4.74 Å². The second kappa shape index (κ2) is 5.77. The van der Waals surface area contributed by atoms with Gasteiger partial charge in [-0.15, -0.1) is 0 Å². The monoisotopic (exact) mass is 280 g/mol. The fourth-order valence-corrected chi connectivity index (χ4v) is 1.78. The summed E-state index contributed by atoms with van der Waals surface area (Å²) < 4.78 is 45.2. The zero-order valence-electron chi connectivity index (χ0n) is 10.6. The van der Waals surface area contributed by atoms with E-state index in [0.29, 0.717) is 0 Å². The summed E-state index contributed by atoms with van der Waals surface area (Å²) in [6.07, 6.45) is 0. The first-order valence-corrected chi connectivity index (χ1v) is 5.95. The molecule has 0 aromatic heterocycles. The predicted molar refractivity (Wildman–Crippen MR) is 67.7 cm³/mol. The molecule has 0 N–H and O–H groups in total. The molecular formula is C15H11F3O2. The first kappa shape index (κ1) is 14.1. The van der Waals surface area contributed by atoms with Crippen LogP contribution in [0.4, 0.5) is 13.2 Å². The van der Waals surface area contributed by atoms with Crippen LogP contribution in [0, 0.1) is 17.5 Å². The van der Waals surface area contributed by atoms with Crippen LogP contribution in [-0.2, 0) is 4.74 Å². The van der Waals surface area contributed by atoms with Gasteiger partial charge in [-0.2, -0.15) is 0 Å². The first-order chi connectivity index (χ1) is 9.54. The average Bonchev–Trinajstić information content (AvgIpc) is 2.42. The molecule has 0 aliphatic heterocycles. The van der Waals surface area contributed by atoms with Gasteiger partial charge in [0.1, 0.15) is 5.82 Å². The Hall–Kier alpha value is -2.30. The second-order valence-corrected chi connectivity index (χ2v) is 4.02. The SMILES string of the molecule is CCOC(=O)c1ccc(-c2cccc(F)c2F)cc1F. The molecule has 2 nitrogen and oxygen atoms in total. The summed E-state index contributed by atoms with van der Waals surface area (Å²) >= 11 is 0. The summed E-state index contributed by atoms with van der Waals surface area (Å²) in [6.45, 7) is 1.73. The molecule has 0 atom stereocenters. The number of ether oxygens (including phenoxy) is 1. The highest BCUT2D eigenvalue weighted by Gasteiger charge is 2.16. The molecule has 0 radical (unpaired) electrons. The van der Waals surface area contributed by atoms with Crippen LogP contribution in [0.3, 0.4) is 0 Å². The van der Waals surface area contributed by atoms with Crippen molar-refractivity contribution in [2.24, 2.45) is 0 Å². The minimum atomic E-state index is -1.06. The van der Waals surface area contributed by atoms with E-state index < -0.39 is 23.4 Å². The summed E-state index contributed by atoms with van der Waals surface area (Å²) in [7, 11) is 0. The predicted octanol–water partition coefficient (Wildman–Crippen LogP) is 3.95. The summed E-state index contributed by atoms with van der Waals surface area (Å²) in [6, 6.07) is 7.13. The van der Waals surface area contributed by atoms with Crippen molar-refractivity contribution in [3.05, 3.63) is 59.4 Å². The quantitative estimate of drug-likeness (QED) is 0.796. The fraction of sp³-hybridized carbons (Fsp3) is 0.133. The van der Waals surface area contributed by atoms with E-state index in [0.717, 1.165) is 12.1 Å². The zero-order valence-corrected chi connectivity index (χ0v) is 10.6. The molecule has 5 heteroatoms. The maximum Gasteiger partial charge on any atom is 0.341 e. The number of benzene rings is 2. The van der Waals surface area contributed by atoms with Crippen molar-refractivity contribution in [3.8, 4) is 11.1 Å². The normalized spacial score (nSPS) is 10.4. The Kier molecular flexibility index (Phi) is 4.08. The zero-order chi connectivity index (χ0) is 14.7. The van der Waals surface area contributed by atoms with Crippen LogP contribution in [0.1, 0.15) is 17.3 Å². The van der Waals surface area contributed by atoms with Crippen molar-refractivity contribution in [1.29, 1.82) is 0 Å². The van der Waals surface area contributed by atoms with Gasteiger partial charge in [-0.1, -0.05) is 18.2 Å². The third-order valence-corrected chi connectivity index (χ3v) is 2.73. The Morgan fingerprint density at radius 3 is 2.50 bits per heavy atom. The Morgan fingerprint density at radius 1 is 1.10 bits per heavy atom. The van der Waals surface area contributed by atoms with Gasteiger partial charge in [-0.25, -0.2) is 18.0 Å². The van der Waals surface area contributed by atoms with Crippen molar-refractivity contribution in [1.82, 2.24) is 0 Å². The molecule has 20 heavy (non-hydrogen) atoms. The molecule has 0 amide bonds. The number of hydrogen-bond acceptors (Lipinski definition) is 2. The van der Waals surface area contributed by atoms with Gasteiger partial charge in [0.25, 0.3) is 0 Å². The van der Waals surface area contributed by atoms with Gasteiger partial charge in [0.2, 0.25) is 0 Å². The minimum Gasteiger partial charge on any atom is -0.462 e. The number of halogens is 3. The first-order valence-electron chi connectivity index (χ1n) is 5.95. The lowest BCUT2D eigenvalue weighted by molar-refractivity contribution is 0.0521. The fourth-order valence-electron chi connectivity index (χ4n) is 1.78. The molecule has 0 aliphatic rings. The van der Waals surface area contributed by atoms with Crippen LogP contribution in [0.5, 0.6) is 0 Å². The van der Waals surface area contributed by atoms with Gasteiger partial charge >= 0.3 is 5.97 Å². The molecule has 2 aromatic rings. The molecular weight excluding hydrogens is 269 g/mol. The second-order valence-electron chi connectivity index (χ2n) is 4.02. The standard InChI is InChI=1S/C15H11F3O2/c1-2-20-15(19)11-7-6-9(8-13(11)17)10-4-3-5-12(16)14(10)18/h3-8H,2H2,1H3. The maximum absolute atomic E-state index is 13.8. The van der Waals surface area contributed by atoms with Crippen molar-refractivity contribution < 1.29 is 22.7 Å². The molecule has 0 aliphatic carbocycles. The Labute approximate surface area is 113 Å². The van der Waals surface area contributed by atoms with E-state index >= 15 is 0 Å². The highest BCUT2D eigenvalue weighted by molar-refractivity contribution is 5.90. The van der Waals surface area contributed by atoms with E-state index in [1.165, 1.54) is 24.3 Å². The van der Waals surface area contributed by atoms with Crippen LogP contribution in [0.25, 0.3) is 11.1 Å². The van der Waals surface area contributed by atoms with Crippen LogP contribution in [0.15, 0.2) is 36.4 Å². The number of esters is 1. The van der Waals surface area contributed by atoms with Crippen LogP contribution in [0.2, 0.25) is 0 Å². The summed E-state index contributed by atoms with van der Waals surface area (Å²) in [5.41, 5.74) is -0.167. The number of rotatable bonds is 3. The van der Waals surface area contributed by atoms with Crippen molar-refractivity contribution >= 4 is 5.97 Å². The summed E-state index contributed by atoms with van der Waals surface area (Å²) in [5.74, 6) is -3.71. The molecule has 2 aromatic carbocycles. The lowest BCUT2D eigenvalue weighted by Gasteiger charge is -2.07. The Bertz CT molecular complexity index is 654. The van der Waals surface area contributed by atoms with Gasteiger partial charge in [-0.05, 0) is 30.7 Å². The van der Waals surface area contributed by atoms with Gasteiger partial charge in [-0.3, -0.25) is 0 Å².